The Balaban J connectivity index is 2.83. The quantitative estimate of drug-likeness (QED) is 0.641. The first-order valence-corrected chi connectivity index (χ1v) is 3.88. The lowest BCUT2D eigenvalue weighted by Crippen LogP contribution is -1.94. The van der Waals surface area contributed by atoms with Crippen molar-refractivity contribution in [2.75, 3.05) is 6.61 Å². The molecule has 0 fully saturated rings. The summed E-state index contributed by atoms with van der Waals surface area (Å²) in [5.41, 5.74) is 1.18. The Bertz CT molecular complexity index is 218. The van der Waals surface area contributed by atoms with E-state index in [9.17, 15) is 0 Å². The fraction of sp³-hybridized carbons (Fsp3) is 0.300. The van der Waals surface area contributed by atoms with Gasteiger partial charge in [0, 0.05) is 0 Å². The molecular weight excluding hydrogens is 136 g/mol. The summed E-state index contributed by atoms with van der Waals surface area (Å²) in [6.45, 7) is 6.52. The molecule has 0 spiro atoms. The van der Waals surface area contributed by atoms with Gasteiger partial charge in [0.05, 0.1) is 6.61 Å². The van der Waals surface area contributed by atoms with Gasteiger partial charge in [-0.15, -0.1) is 0 Å². The lowest BCUT2D eigenvalue weighted by molar-refractivity contribution is 0.337. The van der Waals surface area contributed by atoms with Crippen molar-refractivity contribution in [1.82, 2.24) is 0 Å². The van der Waals surface area contributed by atoms with Crippen molar-refractivity contribution in [3.8, 4) is 5.75 Å². The van der Waals surface area contributed by atoms with Crippen molar-refractivity contribution in [3.63, 3.8) is 0 Å². The van der Waals surface area contributed by atoms with Gasteiger partial charge in [-0.25, -0.2) is 0 Å². The van der Waals surface area contributed by atoms with Crippen LogP contribution in [0.1, 0.15) is 12.5 Å². The Hall–Kier alpha value is -0.980. The van der Waals surface area contributed by atoms with Gasteiger partial charge in [-0.05, 0) is 31.9 Å². The maximum absolute atomic E-state index is 5.39. The van der Waals surface area contributed by atoms with E-state index in [1.165, 1.54) is 5.56 Å². The van der Waals surface area contributed by atoms with E-state index < -0.39 is 0 Å². The number of ether oxygens (including phenoxy) is 1. The van der Waals surface area contributed by atoms with E-state index in [0.717, 1.165) is 18.8 Å². The highest BCUT2D eigenvalue weighted by atomic mass is 16.5. The SMILES string of the molecule is [CH2]Cc1ccccc1OCC. The van der Waals surface area contributed by atoms with Crippen LogP contribution in [0.2, 0.25) is 0 Å². The molecule has 1 nitrogen and oxygen atoms in total. The van der Waals surface area contributed by atoms with Crippen LogP contribution in [0.5, 0.6) is 5.75 Å². The lowest BCUT2D eigenvalue weighted by atomic mass is 10.1. The standard InChI is InChI=1S/C10H13O/c1-3-9-7-5-6-8-10(9)11-4-2/h5-8H,1,3-4H2,2H3. The van der Waals surface area contributed by atoms with Crippen LogP contribution in [0.3, 0.4) is 0 Å². The highest BCUT2D eigenvalue weighted by Gasteiger charge is 1.97. The average molecular weight is 149 g/mol. The molecule has 0 heterocycles. The Morgan fingerprint density at radius 1 is 1.36 bits per heavy atom. The first kappa shape index (κ1) is 8.12. The van der Waals surface area contributed by atoms with Crippen molar-refractivity contribution in [3.05, 3.63) is 36.8 Å². The number of rotatable bonds is 3. The van der Waals surface area contributed by atoms with Crippen molar-refractivity contribution in [1.29, 1.82) is 0 Å². The number of benzene rings is 1. The van der Waals surface area contributed by atoms with Crippen molar-refractivity contribution in [2.45, 2.75) is 13.3 Å². The van der Waals surface area contributed by atoms with Crippen molar-refractivity contribution in [2.24, 2.45) is 0 Å². The summed E-state index contributed by atoms with van der Waals surface area (Å²) in [7, 11) is 0. The predicted octanol–water partition coefficient (Wildman–Crippen LogP) is 2.46. The minimum absolute atomic E-state index is 0.719. The first-order valence-electron chi connectivity index (χ1n) is 3.88. The summed E-state index contributed by atoms with van der Waals surface area (Å²) in [4.78, 5) is 0. The maximum Gasteiger partial charge on any atom is 0.122 e. The van der Waals surface area contributed by atoms with Gasteiger partial charge >= 0.3 is 0 Å². The molecular formula is C10H13O. The lowest BCUT2D eigenvalue weighted by Gasteiger charge is -2.06. The third-order valence-corrected chi connectivity index (χ3v) is 1.54. The molecule has 11 heavy (non-hydrogen) atoms. The van der Waals surface area contributed by atoms with E-state index in [-0.39, 0.29) is 0 Å². The van der Waals surface area contributed by atoms with Crippen LogP contribution in [0.4, 0.5) is 0 Å². The van der Waals surface area contributed by atoms with Gasteiger partial charge in [0.15, 0.2) is 0 Å². The molecule has 0 N–H and O–H groups in total. The molecule has 1 aromatic rings. The van der Waals surface area contributed by atoms with E-state index in [1.54, 1.807) is 0 Å². The largest absolute Gasteiger partial charge is 0.494 e. The minimum atomic E-state index is 0.719. The first-order chi connectivity index (χ1) is 5.38. The summed E-state index contributed by atoms with van der Waals surface area (Å²) in [6, 6.07) is 8.00. The molecule has 0 aliphatic rings. The second-order valence-electron chi connectivity index (χ2n) is 2.29. The van der Waals surface area contributed by atoms with E-state index in [1.807, 2.05) is 31.2 Å². The van der Waals surface area contributed by atoms with Crippen LogP contribution in [0.25, 0.3) is 0 Å². The molecule has 1 heteroatoms. The molecule has 0 atom stereocenters. The second kappa shape index (κ2) is 4.02. The average Bonchev–Trinajstić information content (AvgIpc) is 2.06. The zero-order valence-electron chi connectivity index (χ0n) is 6.84. The Labute approximate surface area is 68.0 Å². The molecule has 0 aromatic heterocycles. The number of hydrogen-bond donors (Lipinski definition) is 0. The molecule has 59 valence electrons. The number of hydrogen-bond acceptors (Lipinski definition) is 1. The molecule has 1 rings (SSSR count). The summed E-state index contributed by atoms with van der Waals surface area (Å²) >= 11 is 0. The molecule has 0 amide bonds. The van der Waals surface area contributed by atoms with Gasteiger partial charge in [-0.3, -0.25) is 0 Å². The highest BCUT2D eigenvalue weighted by molar-refractivity contribution is 5.33. The van der Waals surface area contributed by atoms with Crippen LogP contribution in [-0.2, 0) is 6.42 Å². The van der Waals surface area contributed by atoms with Gasteiger partial charge in [0.1, 0.15) is 5.75 Å². The smallest absolute Gasteiger partial charge is 0.122 e. The topological polar surface area (TPSA) is 9.23 Å². The molecule has 1 radical (unpaired) electrons. The molecule has 0 saturated heterocycles. The molecule has 0 aliphatic carbocycles. The minimum Gasteiger partial charge on any atom is -0.494 e. The van der Waals surface area contributed by atoms with Crippen molar-refractivity contribution < 1.29 is 4.74 Å². The van der Waals surface area contributed by atoms with Gasteiger partial charge in [0.25, 0.3) is 0 Å². The van der Waals surface area contributed by atoms with Crippen LogP contribution in [-0.4, -0.2) is 6.61 Å². The van der Waals surface area contributed by atoms with Crippen LogP contribution in [0, 0.1) is 6.92 Å². The summed E-state index contributed by atoms with van der Waals surface area (Å²) < 4.78 is 5.39. The van der Waals surface area contributed by atoms with E-state index in [0.29, 0.717) is 0 Å². The second-order valence-corrected chi connectivity index (χ2v) is 2.29. The Morgan fingerprint density at radius 2 is 2.09 bits per heavy atom. The van der Waals surface area contributed by atoms with Crippen LogP contribution < -0.4 is 4.74 Å². The summed E-state index contributed by atoms with van der Waals surface area (Å²) in [6.07, 6.45) is 0.788. The van der Waals surface area contributed by atoms with Gasteiger partial charge < -0.3 is 4.74 Å². The Morgan fingerprint density at radius 3 is 2.73 bits per heavy atom. The Kier molecular flexibility index (Phi) is 2.96. The molecule has 0 saturated carbocycles. The molecule has 0 aliphatic heterocycles. The number of para-hydroxylation sites is 1. The van der Waals surface area contributed by atoms with Crippen LogP contribution in [0.15, 0.2) is 24.3 Å². The zero-order chi connectivity index (χ0) is 8.10. The molecule has 0 unspecified atom stereocenters. The summed E-state index contributed by atoms with van der Waals surface area (Å²) in [5, 5.41) is 0. The van der Waals surface area contributed by atoms with Crippen LogP contribution >= 0.6 is 0 Å². The molecule has 1 aromatic carbocycles. The van der Waals surface area contributed by atoms with E-state index in [4.69, 9.17) is 4.74 Å². The fourth-order valence-corrected chi connectivity index (χ4v) is 1.01. The van der Waals surface area contributed by atoms with Gasteiger partial charge in [-0.1, -0.05) is 18.2 Å². The molecule has 0 bridgehead atoms. The van der Waals surface area contributed by atoms with E-state index in [2.05, 4.69) is 6.92 Å². The normalized spacial score (nSPS) is 9.64. The predicted molar refractivity (Wildman–Crippen MR) is 46.7 cm³/mol. The maximum atomic E-state index is 5.39. The third kappa shape index (κ3) is 1.97. The fourth-order valence-electron chi connectivity index (χ4n) is 1.01. The van der Waals surface area contributed by atoms with Crippen molar-refractivity contribution >= 4 is 0 Å². The monoisotopic (exact) mass is 149 g/mol. The summed E-state index contributed by atoms with van der Waals surface area (Å²) in [5.74, 6) is 0.963. The van der Waals surface area contributed by atoms with E-state index >= 15 is 0 Å². The van der Waals surface area contributed by atoms with Gasteiger partial charge in [0.2, 0.25) is 0 Å². The highest BCUT2D eigenvalue weighted by Crippen LogP contribution is 2.17. The zero-order valence-corrected chi connectivity index (χ0v) is 6.84. The van der Waals surface area contributed by atoms with Gasteiger partial charge in [-0.2, -0.15) is 0 Å². The third-order valence-electron chi connectivity index (χ3n) is 1.54.